The molecule has 0 unspecified atom stereocenters. The van der Waals surface area contributed by atoms with Crippen LogP contribution in [-0.2, 0) is 21.2 Å². The minimum atomic E-state index is -3.54. The van der Waals surface area contributed by atoms with E-state index in [2.05, 4.69) is 10.1 Å². The van der Waals surface area contributed by atoms with Crippen LogP contribution in [0.5, 0.6) is 0 Å². The van der Waals surface area contributed by atoms with Crippen LogP contribution in [0.1, 0.15) is 38.6 Å². The molecule has 0 atom stereocenters. The van der Waals surface area contributed by atoms with Gasteiger partial charge in [-0.15, -0.1) is 0 Å². The molecular formula is C18H25FN4O3S. The molecule has 27 heavy (non-hydrogen) atoms. The molecule has 1 aliphatic rings. The standard InChI is InChI=1S/C18H25FN4O3S/c1-18(2,3)16-12-14(21-26-16)13-27(24,25)23-9-5-8-22(10-11-23)17-15(19)6-4-7-20-17/h4,6-7,12H,5,8-11,13H2,1-3H3. The molecule has 0 amide bonds. The van der Waals surface area contributed by atoms with Crippen molar-refractivity contribution in [3.63, 3.8) is 0 Å². The Kier molecular flexibility index (Phi) is 5.53. The maximum Gasteiger partial charge on any atom is 0.220 e. The van der Waals surface area contributed by atoms with Gasteiger partial charge in [0.05, 0.1) is 0 Å². The van der Waals surface area contributed by atoms with Crippen LogP contribution in [0.2, 0.25) is 0 Å². The van der Waals surface area contributed by atoms with Crippen LogP contribution in [0, 0.1) is 5.82 Å². The molecule has 0 aliphatic carbocycles. The van der Waals surface area contributed by atoms with E-state index in [1.165, 1.54) is 22.6 Å². The Morgan fingerprint density at radius 3 is 2.67 bits per heavy atom. The highest BCUT2D eigenvalue weighted by molar-refractivity contribution is 7.88. The predicted octanol–water partition coefficient (Wildman–Crippen LogP) is 2.55. The van der Waals surface area contributed by atoms with E-state index in [4.69, 9.17) is 4.52 Å². The molecule has 0 radical (unpaired) electrons. The molecule has 9 heteroatoms. The van der Waals surface area contributed by atoms with Gasteiger partial charge < -0.3 is 9.42 Å². The van der Waals surface area contributed by atoms with Crippen molar-refractivity contribution in [2.45, 2.75) is 38.4 Å². The first kappa shape index (κ1) is 19.8. The fourth-order valence-electron chi connectivity index (χ4n) is 3.01. The zero-order valence-electron chi connectivity index (χ0n) is 15.9. The number of hydrogen-bond acceptors (Lipinski definition) is 6. The van der Waals surface area contributed by atoms with Gasteiger partial charge in [-0.1, -0.05) is 25.9 Å². The summed E-state index contributed by atoms with van der Waals surface area (Å²) < 4.78 is 46.3. The van der Waals surface area contributed by atoms with Crippen LogP contribution in [-0.4, -0.2) is 49.0 Å². The Labute approximate surface area is 159 Å². The molecule has 0 bridgehead atoms. The fraction of sp³-hybridized carbons (Fsp3) is 0.556. The SMILES string of the molecule is CC(C)(C)c1cc(CS(=O)(=O)N2CCCN(c3ncccc3F)CC2)no1. The van der Waals surface area contributed by atoms with E-state index in [0.717, 1.165) is 0 Å². The van der Waals surface area contributed by atoms with Crippen molar-refractivity contribution in [3.05, 3.63) is 41.7 Å². The maximum atomic E-state index is 14.0. The van der Waals surface area contributed by atoms with Gasteiger partial charge in [-0.05, 0) is 18.6 Å². The van der Waals surface area contributed by atoms with Crippen molar-refractivity contribution in [1.29, 1.82) is 0 Å². The highest BCUT2D eigenvalue weighted by Crippen LogP contribution is 2.24. The van der Waals surface area contributed by atoms with Crippen LogP contribution in [0.15, 0.2) is 28.9 Å². The minimum Gasteiger partial charge on any atom is -0.361 e. The summed E-state index contributed by atoms with van der Waals surface area (Å²) in [4.78, 5) is 5.88. The van der Waals surface area contributed by atoms with Crippen LogP contribution in [0.4, 0.5) is 10.2 Å². The zero-order chi connectivity index (χ0) is 19.7. The van der Waals surface area contributed by atoms with Gasteiger partial charge >= 0.3 is 0 Å². The van der Waals surface area contributed by atoms with E-state index in [1.807, 2.05) is 20.8 Å². The second kappa shape index (κ2) is 7.55. The molecule has 2 aromatic heterocycles. The summed E-state index contributed by atoms with van der Waals surface area (Å²) in [6.45, 7) is 7.54. The zero-order valence-corrected chi connectivity index (χ0v) is 16.7. The summed E-state index contributed by atoms with van der Waals surface area (Å²) in [7, 11) is -3.54. The largest absolute Gasteiger partial charge is 0.361 e. The molecule has 1 saturated heterocycles. The Morgan fingerprint density at radius 2 is 2.00 bits per heavy atom. The fourth-order valence-corrected chi connectivity index (χ4v) is 4.46. The molecule has 3 rings (SSSR count). The van der Waals surface area contributed by atoms with Crippen molar-refractivity contribution < 1.29 is 17.3 Å². The van der Waals surface area contributed by atoms with E-state index in [-0.39, 0.29) is 23.5 Å². The molecule has 148 valence electrons. The number of halogens is 1. The third-order valence-electron chi connectivity index (χ3n) is 4.52. The minimum absolute atomic E-state index is 0.204. The van der Waals surface area contributed by atoms with Crippen LogP contribution < -0.4 is 4.90 Å². The van der Waals surface area contributed by atoms with E-state index in [0.29, 0.717) is 37.5 Å². The highest BCUT2D eigenvalue weighted by atomic mass is 32.2. The number of aromatic nitrogens is 2. The van der Waals surface area contributed by atoms with E-state index < -0.39 is 15.8 Å². The van der Waals surface area contributed by atoms with Crippen molar-refractivity contribution in [2.75, 3.05) is 31.1 Å². The number of rotatable bonds is 4. The van der Waals surface area contributed by atoms with E-state index in [1.54, 1.807) is 11.0 Å². The molecule has 1 fully saturated rings. The quantitative estimate of drug-likeness (QED) is 0.790. The molecule has 0 N–H and O–H groups in total. The summed E-state index contributed by atoms with van der Waals surface area (Å²) in [6.07, 6.45) is 2.14. The number of nitrogens with zero attached hydrogens (tertiary/aromatic N) is 4. The summed E-state index contributed by atoms with van der Waals surface area (Å²) >= 11 is 0. The van der Waals surface area contributed by atoms with Crippen LogP contribution in [0.25, 0.3) is 0 Å². The third-order valence-corrected chi connectivity index (χ3v) is 6.33. The van der Waals surface area contributed by atoms with Gasteiger partial charge in [-0.2, -0.15) is 4.31 Å². The van der Waals surface area contributed by atoms with Gasteiger partial charge in [0.25, 0.3) is 0 Å². The first-order valence-electron chi connectivity index (χ1n) is 8.96. The topological polar surface area (TPSA) is 79.5 Å². The molecule has 2 aromatic rings. The summed E-state index contributed by atoms with van der Waals surface area (Å²) in [5.41, 5.74) is 0.169. The Bertz CT molecular complexity index is 892. The van der Waals surface area contributed by atoms with Gasteiger partial charge in [0.2, 0.25) is 10.0 Å². The van der Waals surface area contributed by atoms with Gasteiger partial charge in [-0.25, -0.2) is 17.8 Å². The molecule has 0 spiro atoms. The van der Waals surface area contributed by atoms with Crippen molar-refractivity contribution in [2.24, 2.45) is 0 Å². The van der Waals surface area contributed by atoms with Crippen molar-refractivity contribution >= 4 is 15.8 Å². The lowest BCUT2D eigenvalue weighted by atomic mass is 9.93. The molecular weight excluding hydrogens is 371 g/mol. The second-order valence-electron chi connectivity index (χ2n) is 7.74. The first-order chi connectivity index (χ1) is 12.7. The van der Waals surface area contributed by atoms with Crippen LogP contribution >= 0.6 is 0 Å². The number of hydrogen-bond donors (Lipinski definition) is 0. The molecule has 0 saturated carbocycles. The number of anilines is 1. The molecule has 3 heterocycles. The Morgan fingerprint density at radius 1 is 1.22 bits per heavy atom. The summed E-state index contributed by atoms with van der Waals surface area (Å²) in [6, 6.07) is 4.60. The van der Waals surface area contributed by atoms with Gasteiger partial charge in [0.1, 0.15) is 17.2 Å². The maximum absolute atomic E-state index is 14.0. The number of sulfonamides is 1. The lowest BCUT2D eigenvalue weighted by molar-refractivity contribution is 0.326. The van der Waals surface area contributed by atoms with E-state index in [9.17, 15) is 12.8 Å². The van der Waals surface area contributed by atoms with E-state index >= 15 is 0 Å². The second-order valence-corrected chi connectivity index (χ2v) is 9.71. The van der Waals surface area contributed by atoms with Gasteiger partial charge in [-0.3, -0.25) is 0 Å². The van der Waals surface area contributed by atoms with Gasteiger partial charge in [0, 0.05) is 43.9 Å². The average Bonchev–Trinajstić information content (AvgIpc) is 2.90. The van der Waals surface area contributed by atoms with Gasteiger partial charge in [0.15, 0.2) is 11.6 Å². The lowest BCUT2D eigenvalue weighted by Crippen LogP contribution is -2.36. The average molecular weight is 396 g/mol. The highest BCUT2D eigenvalue weighted by Gasteiger charge is 2.28. The molecule has 7 nitrogen and oxygen atoms in total. The molecule has 0 aromatic carbocycles. The first-order valence-corrected chi connectivity index (χ1v) is 10.6. The predicted molar refractivity (Wildman–Crippen MR) is 100 cm³/mol. The van der Waals surface area contributed by atoms with Crippen molar-refractivity contribution in [3.8, 4) is 0 Å². The van der Waals surface area contributed by atoms with Crippen molar-refractivity contribution in [1.82, 2.24) is 14.4 Å². The normalized spacial score (nSPS) is 17.1. The van der Waals surface area contributed by atoms with Crippen LogP contribution in [0.3, 0.4) is 0 Å². The third kappa shape index (κ3) is 4.65. The summed E-state index contributed by atoms with van der Waals surface area (Å²) in [5.74, 6) is 0.319. The Hall–Kier alpha value is -2.00. The number of pyridine rings is 1. The molecule has 1 aliphatic heterocycles. The Balaban J connectivity index is 1.69. The summed E-state index contributed by atoms with van der Waals surface area (Å²) in [5, 5.41) is 3.91. The monoisotopic (exact) mass is 396 g/mol. The smallest absolute Gasteiger partial charge is 0.220 e. The lowest BCUT2D eigenvalue weighted by Gasteiger charge is -2.22.